The van der Waals surface area contributed by atoms with Gasteiger partial charge in [0.05, 0.1) is 4.58 Å². The van der Waals surface area contributed by atoms with Gasteiger partial charge in [-0.15, -0.1) is 23.5 Å². The van der Waals surface area contributed by atoms with Crippen molar-refractivity contribution in [3.63, 3.8) is 0 Å². The number of benzene rings is 2. The lowest BCUT2D eigenvalue weighted by Gasteiger charge is -2.16. The summed E-state index contributed by atoms with van der Waals surface area (Å²) < 4.78 is 0.514. The highest BCUT2D eigenvalue weighted by Gasteiger charge is 2.27. The molecule has 0 aliphatic heterocycles. The monoisotopic (exact) mass is 439 g/mol. The summed E-state index contributed by atoms with van der Waals surface area (Å²) in [5, 5.41) is 0. The van der Waals surface area contributed by atoms with Crippen LogP contribution in [0.5, 0.6) is 0 Å². The SMILES string of the molecule is O[P+](O)(O)CCCCCCCCCC(Sc1ccccc1)Sc1ccccc1. The van der Waals surface area contributed by atoms with Gasteiger partial charge < -0.3 is 0 Å². The molecule has 0 heterocycles. The average molecular weight is 440 g/mol. The van der Waals surface area contributed by atoms with E-state index < -0.39 is 7.94 Å². The Morgan fingerprint density at radius 2 is 1.04 bits per heavy atom. The maximum Gasteiger partial charge on any atom is 0.403 e. The zero-order valence-corrected chi connectivity index (χ0v) is 18.8. The number of rotatable bonds is 14. The third kappa shape index (κ3) is 11.5. The summed E-state index contributed by atoms with van der Waals surface area (Å²) in [4.78, 5) is 29.6. The highest BCUT2D eigenvalue weighted by Crippen LogP contribution is 2.45. The van der Waals surface area contributed by atoms with E-state index in [2.05, 4.69) is 60.7 Å². The van der Waals surface area contributed by atoms with Crippen LogP contribution in [0.1, 0.15) is 51.4 Å². The fourth-order valence-electron chi connectivity index (χ4n) is 2.96. The molecule has 2 aromatic carbocycles. The van der Waals surface area contributed by atoms with Crippen LogP contribution in [0.3, 0.4) is 0 Å². The Balaban J connectivity index is 1.66. The Kier molecular flexibility index (Phi) is 11.6. The Morgan fingerprint density at radius 3 is 1.50 bits per heavy atom. The fraction of sp³-hybridized carbons (Fsp3) is 0.455. The molecule has 0 aliphatic rings. The van der Waals surface area contributed by atoms with Gasteiger partial charge in [-0.2, -0.15) is 14.7 Å². The number of hydrogen-bond acceptors (Lipinski definition) is 5. The minimum Gasteiger partial charge on any atom is -0.193 e. The van der Waals surface area contributed by atoms with Crippen LogP contribution in [-0.2, 0) is 0 Å². The quantitative estimate of drug-likeness (QED) is 0.131. The average Bonchev–Trinajstić information content (AvgIpc) is 2.67. The van der Waals surface area contributed by atoms with Crippen LogP contribution >= 0.6 is 31.5 Å². The smallest absolute Gasteiger partial charge is 0.193 e. The highest BCUT2D eigenvalue weighted by molar-refractivity contribution is 8.17. The molecule has 2 rings (SSSR count). The van der Waals surface area contributed by atoms with Crippen molar-refractivity contribution in [3.05, 3.63) is 60.7 Å². The van der Waals surface area contributed by atoms with E-state index in [0.717, 1.165) is 12.8 Å². The van der Waals surface area contributed by atoms with Crippen molar-refractivity contribution in [1.29, 1.82) is 0 Å². The van der Waals surface area contributed by atoms with E-state index in [0.29, 0.717) is 11.0 Å². The molecule has 3 N–H and O–H groups in total. The summed E-state index contributed by atoms with van der Waals surface area (Å²) >= 11 is 3.91. The largest absolute Gasteiger partial charge is 0.403 e. The van der Waals surface area contributed by atoms with Crippen LogP contribution in [0.15, 0.2) is 70.5 Å². The molecular formula is C22H32O3PS2+. The molecule has 3 nitrogen and oxygen atoms in total. The minimum atomic E-state index is -3.56. The van der Waals surface area contributed by atoms with Gasteiger partial charge in [0.2, 0.25) is 0 Å². The van der Waals surface area contributed by atoms with Gasteiger partial charge in [-0.1, -0.05) is 68.5 Å². The third-order valence-electron chi connectivity index (χ3n) is 4.42. The van der Waals surface area contributed by atoms with E-state index in [1.807, 2.05) is 23.5 Å². The first kappa shape index (κ1) is 23.7. The van der Waals surface area contributed by atoms with Crippen LogP contribution in [0.2, 0.25) is 0 Å². The van der Waals surface area contributed by atoms with Crippen LogP contribution in [0.25, 0.3) is 0 Å². The van der Waals surface area contributed by atoms with Gasteiger partial charge in [0.25, 0.3) is 0 Å². The highest BCUT2D eigenvalue weighted by atomic mass is 32.2. The molecule has 0 aliphatic carbocycles. The molecule has 0 radical (unpaired) electrons. The zero-order valence-electron chi connectivity index (χ0n) is 16.3. The fourth-order valence-corrected chi connectivity index (χ4v) is 6.27. The van der Waals surface area contributed by atoms with Crippen molar-refractivity contribution in [2.45, 2.75) is 65.7 Å². The summed E-state index contributed by atoms with van der Waals surface area (Å²) in [6.07, 6.45) is 8.93. The molecule has 0 bridgehead atoms. The Morgan fingerprint density at radius 1 is 0.607 bits per heavy atom. The second-order valence-corrected chi connectivity index (χ2v) is 11.7. The van der Waals surface area contributed by atoms with Gasteiger partial charge in [-0.05, 0) is 43.5 Å². The van der Waals surface area contributed by atoms with Crippen LogP contribution < -0.4 is 0 Å². The summed E-state index contributed by atoms with van der Waals surface area (Å²) in [7, 11) is -3.56. The molecule has 0 aromatic heterocycles. The molecule has 0 fully saturated rings. The van der Waals surface area contributed by atoms with Crippen molar-refractivity contribution in [2.75, 3.05) is 6.16 Å². The topological polar surface area (TPSA) is 60.7 Å². The summed E-state index contributed by atoms with van der Waals surface area (Å²) in [5.41, 5.74) is 0. The molecule has 0 unspecified atom stereocenters. The van der Waals surface area contributed by atoms with E-state index in [1.165, 1.54) is 41.9 Å². The first-order valence-corrected chi connectivity index (χ1v) is 13.6. The zero-order chi connectivity index (χ0) is 20.1. The molecule has 154 valence electrons. The predicted molar refractivity (Wildman–Crippen MR) is 124 cm³/mol. The van der Waals surface area contributed by atoms with Crippen molar-refractivity contribution in [3.8, 4) is 0 Å². The van der Waals surface area contributed by atoms with Crippen molar-refractivity contribution in [1.82, 2.24) is 0 Å². The van der Waals surface area contributed by atoms with Gasteiger partial charge in [-0.3, -0.25) is 0 Å². The summed E-state index contributed by atoms with van der Waals surface area (Å²) in [5.74, 6) is 0. The van der Waals surface area contributed by atoms with Crippen LogP contribution in [0.4, 0.5) is 0 Å². The molecule has 28 heavy (non-hydrogen) atoms. The molecule has 0 atom stereocenters. The van der Waals surface area contributed by atoms with Gasteiger partial charge in [0.15, 0.2) is 0 Å². The molecule has 0 amide bonds. The van der Waals surface area contributed by atoms with E-state index in [9.17, 15) is 0 Å². The predicted octanol–water partition coefficient (Wildman–Crippen LogP) is 6.76. The second-order valence-electron chi connectivity index (χ2n) is 6.97. The van der Waals surface area contributed by atoms with E-state index >= 15 is 0 Å². The van der Waals surface area contributed by atoms with Gasteiger partial charge in [0.1, 0.15) is 6.16 Å². The lowest BCUT2D eigenvalue weighted by atomic mass is 10.1. The van der Waals surface area contributed by atoms with Gasteiger partial charge in [0, 0.05) is 9.79 Å². The third-order valence-corrected chi connectivity index (χ3v) is 8.00. The lowest BCUT2D eigenvalue weighted by Crippen LogP contribution is -1.97. The number of hydrogen-bond donors (Lipinski definition) is 3. The number of thioether (sulfide) groups is 2. The first-order chi connectivity index (χ1) is 13.5. The molecular weight excluding hydrogens is 407 g/mol. The normalized spacial score (nSPS) is 11.9. The Hall–Kier alpha value is -0.550. The second kappa shape index (κ2) is 13.6. The standard InChI is InChI=1S/C22H32O3PS2/c23-26(24,25)19-13-5-3-1-2-4-12-18-22(27-20-14-8-6-9-15-20)28-21-16-10-7-11-17-21/h6-11,14-17,22-25H,1-5,12-13,18-19H2/q+1. The summed E-state index contributed by atoms with van der Waals surface area (Å²) in [6.45, 7) is 0. The maximum absolute atomic E-state index is 8.97. The minimum absolute atomic E-state index is 0.141. The summed E-state index contributed by atoms with van der Waals surface area (Å²) in [6, 6.07) is 21.3. The maximum atomic E-state index is 8.97. The van der Waals surface area contributed by atoms with Crippen molar-refractivity contribution in [2.24, 2.45) is 0 Å². The van der Waals surface area contributed by atoms with Crippen molar-refractivity contribution < 1.29 is 14.7 Å². The molecule has 0 saturated heterocycles. The molecule has 6 heteroatoms. The first-order valence-electron chi connectivity index (χ1n) is 10.0. The van der Waals surface area contributed by atoms with Gasteiger partial charge in [-0.25, -0.2) is 0 Å². The van der Waals surface area contributed by atoms with E-state index in [-0.39, 0.29) is 6.16 Å². The Bertz CT molecular complexity index is 594. The van der Waals surface area contributed by atoms with Crippen molar-refractivity contribution >= 4 is 31.5 Å². The van der Waals surface area contributed by atoms with E-state index in [4.69, 9.17) is 14.7 Å². The van der Waals surface area contributed by atoms with E-state index in [1.54, 1.807) is 0 Å². The molecule has 0 spiro atoms. The van der Waals surface area contributed by atoms with Crippen LogP contribution in [-0.4, -0.2) is 25.4 Å². The molecule has 0 saturated carbocycles. The lowest BCUT2D eigenvalue weighted by molar-refractivity contribution is 0.328. The molecule has 2 aromatic rings. The number of unbranched alkanes of at least 4 members (excludes halogenated alkanes) is 6. The van der Waals surface area contributed by atoms with Crippen LogP contribution in [0, 0.1) is 0 Å². The Labute approximate surface area is 178 Å². The van der Waals surface area contributed by atoms with Gasteiger partial charge >= 0.3 is 7.94 Å².